The van der Waals surface area contributed by atoms with Crippen molar-refractivity contribution in [1.82, 2.24) is 10.3 Å². The molecule has 0 aliphatic carbocycles. The fourth-order valence-corrected chi connectivity index (χ4v) is 1.47. The molecule has 0 amide bonds. The average molecular weight is 184 g/mol. The lowest BCUT2D eigenvalue weighted by atomic mass is 9.99. The lowest BCUT2D eigenvalue weighted by molar-refractivity contribution is 0.383. The number of aromatic nitrogens is 1. The molecule has 0 spiro atoms. The molecule has 0 saturated carbocycles. The van der Waals surface area contributed by atoms with E-state index in [1.54, 1.807) is 6.20 Å². The zero-order valence-electron chi connectivity index (χ0n) is 6.55. The molecule has 12 heavy (non-hydrogen) atoms. The van der Waals surface area contributed by atoms with E-state index in [0.29, 0.717) is 16.9 Å². The van der Waals surface area contributed by atoms with Gasteiger partial charge in [0.25, 0.3) is 0 Å². The smallest absolute Gasteiger partial charge is 0.128 e. The van der Waals surface area contributed by atoms with E-state index in [1.165, 1.54) is 0 Å². The van der Waals surface area contributed by atoms with Gasteiger partial charge in [-0.05, 0) is 19.0 Å². The van der Waals surface area contributed by atoms with E-state index in [2.05, 4.69) is 10.3 Å². The van der Waals surface area contributed by atoms with Gasteiger partial charge in [-0.15, -0.1) is 0 Å². The van der Waals surface area contributed by atoms with Crippen LogP contribution in [0.5, 0.6) is 0 Å². The number of nitrogens with zero attached hydrogens (tertiary/aromatic N) is 1. The molecular formula is C8H10ClN3. The van der Waals surface area contributed by atoms with Gasteiger partial charge in [-0.25, -0.2) is 4.98 Å². The molecule has 1 atom stereocenters. The van der Waals surface area contributed by atoms with Crippen LogP contribution in [0.15, 0.2) is 12.3 Å². The van der Waals surface area contributed by atoms with Crippen LogP contribution in [0.25, 0.3) is 0 Å². The average Bonchev–Trinajstić information content (AvgIpc) is 1.93. The number of pyridine rings is 1. The van der Waals surface area contributed by atoms with Crippen molar-refractivity contribution in [3.05, 3.63) is 22.8 Å². The first kappa shape index (κ1) is 7.83. The standard InChI is InChI=1S/C8H10ClN3/c9-5-3-6(7-1-2-11-7)8(10)12-4-5/h3-4,7,11H,1-2H2,(H2,10,12). The zero-order chi connectivity index (χ0) is 8.55. The van der Waals surface area contributed by atoms with Crippen molar-refractivity contribution in [2.45, 2.75) is 12.5 Å². The summed E-state index contributed by atoms with van der Waals surface area (Å²) < 4.78 is 0. The summed E-state index contributed by atoms with van der Waals surface area (Å²) in [6, 6.07) is 2.23. The van der Waals surface area contributed by atoms with E-state index in [0.717, 1.165) is 18.5 Å². The molecule has 3 nitrogen and oxygen atoms in total. The zero-order valence-corrected chi connectivity index (χ0v) is 7.30. The lowest BCUT2D eigenvalue weighted by Gasteiger charge is -2.28. The van der Waals surface area contributed by atoms with E-state index in [9.17, 15) is 0 Å². The Hall–Kier alpha value is -0.800. The maximum Gasteiger partial charge on any atom is 0.128 e. The summed E-state index contributed by atoms with van der Waals surface area (Å²) in [7, 11) is 0. The summed E-state index contributed by atoms with van der Waals surface area (Å²) in [4.78, 5) is 3.99. The maximum absolute atomic E-state index is 5.80. The van der Waals surface area contributed by atoms with Gasteiger partial charge in [0.1, 0.15) is 5.82 Å². The Balaban J connectivity index is 2.34. The molecule has 1 fully saturated rings. The Morgan fingerprint density at radius 1 is 1.67 bits per heavy atom. The highest BCUT2D eigenvalue weighted by Crippen LogP contribution is 2.28. The molecule has 1 saturated heterocycles. The van der Waals surface area contributed by atoms with Gasteiger partial charge in [0.15, 0.2) is 0 Å². The van der Waals surface area contributed by atoms with Crippen LogP contribution in [0.3, 0.4) is 0 Å². The quantitative estimate of drug-likeness (QED) is 0.691. The second-order valence-corrected chi connectivity index (χ2v) is 3.36. The van der Waals surface area contributed by atoms with E-state index in [1.807, 2.05) is 6.07 Å². The molecule has 3 N–H and O–H groups in total. The molecule has 0 bridgehead atoms. The second-order valence-electron chi connectivity index (χ2n) is 2.92. The van der Waals surface area contributed by atoms with Crippen molar-refractivity contribution in [3.8, 4) is 0 Å². The van der Waals surface area contributed by atoms with E-state index >= 15 is 0 Å². The summed E-state index contributed by atoms with van der Waals surface area (Å²) in [5, 5.41) is 3.90. The fourth-order valence-electron chi connectivity index (χ4n) is 1.30. The Morgan fingerprint density at radius 2 is 2.42 bits per heavy atom. The van der Waals surface area contributed by atoms with Crippen LogP contribution < -0.4 is 11.1 Å². The largest absolute Gasteiger partial charge is 0.383 e. The Morgan fingerprint density at radius 3 is 3.00 bits per heavy atom. The number of hydrogen-bond donors (Lipinski definition) is 2. The summed E-state index contributed by atoms with van der Waals surface area (Å²) in [6.45, 7) is 1.05. The van der Waals surface area contributed by atoms with Gasteiger partial charge < -0.3 is 11.1 Å². The molecular weight excluding hydrogens is 174 g/mol. The number of nitrogens with one attached hydrogen (secondary N) is 1. The third-order valence-corrected chi connectivity index (χ3v) is 2.32. The van der Waals surface area contributed by atoms with Crippen LogP contribution in [0.2, 0.25) is 5.02 Å². The highest BCUT2D eigenvalue weighted by atomic mass is 35.5. The summed E-state index contributed by atoms with van der Waals surface area (Å²) in [5.41, 5.74) is 6.71. The number of nitrogen functional groups attached to an aromatic ring is 1. The Kier molecular flexibility index (Phi) is 1.90. The van der Waals surface area contributed by atoms with Gasteiger partial charge in [0, 0.05) is 17.8 Å². The van der Waals surface area contributed by atoms with E-state index < -0.39 is 0 Å². The molecule has 1 aromatic heterocycles. The van der Waals surface area contributed by atoms with E-state index in [4.69, 9.17) is 17.3 Å². The third kappa shape index (κ3) is 1.26. The van der Waals surface area contributed by atoms with Crippen LogP contribution in [0.1, 0.15) is 18.0 Å². The second kappa shape index (κ2) is 2.92. The Bertz CT molecular complexity index is 296. The molecule has 1 aliphatic rings. The molecule has 1 aliphatic heterocycles. The fraction of sp³-hybridized carbons (Fsp3) is 0.375. The number of nitrogens with two attached hydrogens (primary N) is 1. The van der Waals surface area contributed by atoms with Crippen LogP contribution in [-0.2, 0) is 0 Å². The molecule has 2 rings (SSSR count). The van der Waals surface area contributed by atoms with Gasteiger partial charge in [0.2, 0.25) is 0 Å². The predicted octanol–water partition coefficient (Wildman–Crippen LogP) is 1.35. The SMILES string of the molecule is Nc1ncc(Cl)cc1C1CCN1. The molecule has 1 aromatic rings. The highest BCUT2D eigenvalue weighted by molar-refractivity contribution is 6.30. The first-order chi connectivity index (χ1) is 5.77. The lowest BCUT2D eigenvalue weighted by Crippen LogP contribution is -2.35. The third-order valence-electron chi connectivity index (χ3n) is 2.12. The van der Waals surface area contributed by atoms with Crippen molar-refractivity contribution in [1.29, 1.82) is 0 Å². The molecule has 4 heteroatoms. The summed E-state index contributed by atoms with van der Waals surface area (Å²) in [5.74, 6) is 0.580. The Labute approximate surface area is 75.9 Å². The first-order valence-corrected chi connectivity index (χ1v) is 4.29. The van der Waals surface area contributed by atoms with Gasteiger partial charge in [-0.3, -0.25) is 0 Å². The maximum atomic E-state index is 5.80. The normalized spacial score (nSPS) is 21.9. The van der Waals surface area contributed by atoms with Crippen LogP contribution in [0, 0.1) is 0 Å². The first-order valence-electron chi connectivity index (χ1n) is 3.91. The van der Waals surface area contributed by atoms with E-state index in [-0.39, 0.29) is 0 Å². The molecule has 64 valence electrons. The van der Waals surface area contributed by atoms with Crippen molar-refractivity contribution in [3.63, 3.8) is 0 Å². The molecule has 1 unspecified atom stereocenters. The minimum Gasteiger partial charge on any atom is -0.383 e. The van der Waals surface area contributed by atoms with Crippen LogP contribution in [0.4, 0.5) is 5.82 Å². The minimum atomic E-state index is 0.358. The van der Waals surface area contributed by atoms with Crippen molar-refractivity contribution < 1.29 is 0 Å². The summed E-state index contributed by atoms with van der Waals surface area (Å²) >= 11 is 5.80. The number of anilines is 1. The minimum absolute atomic E-state index is 0.358. The van der Waals surface area contributed by atoms with Gasteiger partial charge in [-0.2, -0.15) is 0 Å². The van der Waals surface area contributed by atoms with Crippen molar-refractivity contribution in [2.75, 3.05) is 12.3 Å². The van der Waals surface area contributed by atoms with Gasteiger partial charge >= 0.3 is 0 Å². The summed E-state index contributed by atoms with van der Waals surface area (Å²) in [6.07, 6.45) is 2.69. The topological polar surface area (TPSA) is 50.9 Å². The van der Waals surface area contributed by atoms with Gasteiger partial charge in [-0.1, -0.05) is 11.6 Å². The number of hydrogen-bond acceptors (Lipinski definition) is 3. The monoisotopic (exact) mass is 183 g/mol. The van der Waals surface area contributed by atoms with Gasteiger partial charge in [0.05, 0.1) is 5.02 Å². The van der Waals surface area contributed by atoms with Crippen LogP contribution in [-0.4, -0.2) is 11.5 Å². The number of rotatable bonds is 1. The molecule has 2 heterocycles. The van der Waals surface area contributed by atoms with Crippen molar-refractivity contribution in [2.24, 2.45) is 0 Å². The molecule has 0 radical (unpaired) electrons. The highest BCUT2D eigenvalue weighted by Gasteiger charge is 2.21. The molecule has 0 aromatic carbocycles. The predicted molar refractivity (Wildman–Crippen MR) is 49.0 cm³/mol. The number of halogens is 1. The van der Waals surface area contributed by atoms with Crippen LogP contribution >= 0.6 is 11.6 Å². The van der Waals surface area contributed by atoms with Crippen molar-refractivity contribution >= 4 is 17.4 Å².